The van der Waals surface area contributed by atoms with Crippen LogP contribution < -0.4 is 0 Å². The summed E-state index contributed by atoms with van der Waals surface area (Å²) in [7, 11) is -3.44. The van der Waals surface area contributed by atoms with Gasteiger partial charge in [-0.1, -0.05) is 5.16 Å². The Labute approximate surface area is 166 Å². The van der Waals surface area contributed by atoms with Gasteiger partial charge in [-0.25, -0.2) is 21.5 Å². The first-order chi connectivity index (χ1) is 13.7. The molecule has 0 spiro atoms. The lowest BCUT2D eigenvalue weighted by Crippen LogP contribution is -2.41. The van der Waals surface area contributed by atoms with Gasteiger partial charge in [-0.05, 0) is 26.0 Å². The largest absolute Gasteiger partial charge is 0.339 e. The van der Waals surface area contributed by atoms with Crippen LogP contribution in [-0.4, -0.2) is 65.6 Å². The molecule has 1 amide bonds. The Kier molecular flexibility index (Phi) is 4.69. The van der Waals surface area contributed by atoms with Crippen molar-refractivity contribution in [3.05, 3.63) is 47.1 Å². The van der Waals surface area contributed by atoms with Crippen molar-refractivity contribution in [1.82, 2.24) is 19.3 Å². The third-order valence-corrected chi connectivity index (χ3v) is 7.53. The molecule has 156 valence electrons. The van der Waals surface area contributed by atoms with Crippen LogP contribution in [0.4, 0.5) is 8.78 Å². The summed E-state index contributed by atoms with van der Waals surface area (Å²) in [6.07, 6.45) is 0. The smallest absolute Gasteiger partial charge is 0.256 e. The molecule has 1 aromatic heterocycles. The van der Waals surface area contributed by atoms with Gasteiger partial charge in [-0.2, -0.15) is 4.98 Å². The average Bonchev–Trinajstić information content (AvgIpc) is 3.33. The summed E-state index contributed by atoms with van der Waals surface area (Å²) in [4.78, 5) is 18.6. The molecule has 2 aliphatic rings. The van der Waals surface area contributed by atoms with Gasteiger partial charge in [-0.3, -0.25) is 4.79 Å². The zero-order chi connectivity index (χ0) is 21.0. The number of benzene rings is 1. The Bertz CT molecular complexity index is 1070. The fourth-order valence-corrected chi connectivity index (χ4v) is 5.40. The van der Waals surface area contributed by atoms with Crippen molar-refractivity contribution in [2.75, 3.05) is 31.9 Å². The minimum atomic E-state index is -3.44. The molecule has 2 atom stereocenters. The van der Waals surface area contributed by atoms with Crippen molar-refractivity contribution in [3.63, 3.8) is 0 Å². The molecule has 4 rings (SSSR count). The average molecular weight is 426 g/mol. The van der Waals surface area contributed by atoms with Gasteiger partial charge in [0.25, 0.3) is 5.91 Å². The first-order valence-corrected chi connectivity index (χ1v) is 10.8. The summed E-state index contributed by atoms with van der Waals surface area (Å²) < 4.78 is 58.9. The molecule has 3 heterocycles. The van der Waals surface area contributed by atoms with Gasteiger partial charge in [-0.15, -0.1) is 0 Å². The molecule has 0 aliphatic carbocycles. The Morgan fingerprint density at radius 3 is 2.69 bits per heavy atom. The highest BCUT2D eigenvalue weighted by molar-refractivity contribution is 7.89. The second-order valence-electron chi connectivity index (χ2n) is 7.50. The Hall–Kier alpha value is -2.40. The second-order valence-corrected chi connectivity index (χ2v) is 9.76. The molecule has 0 saturated carbocycles. The van der Waals surface area contributed by atoms with Gasteiger partial charge in [0.1, 0.15) is 11.6 Å². The summed E-state index contributed by atoms with van der Waals surface area (Å²) in [5, 5.41) is 3.82. The molecule has 8 nitrogen and oxygen atoms in total. The van der Waals surface area contributed by atoms with Crippen molar-refractivity contribution >= 4 is 15.9 Å². The van der Waals surface area contributed by atoms with Crippen molar-refractivity contribution in [2.45, 2.75) is 19.3 Å². The second kappa shape index (κ2) is 6.84. The number of nitrogens with zero attached hydrogens (tertiary/aromatic N) is 4. The normalized spacial score (nSPS) is 24.8. The lowest BCUT2D eigenvalue weighted by molar-refractivity contribution is 0.0768. The molecule has 1 aromatic carbocycles. The number of likely N-dealkylation sites (tertiary alicyclic amines) is 1. The van der Waals surface area contributed by atoms with Crippen LogP contribution in [0.3, 0.4) is 0 Å². The first kappa shape index (κ1) is 19.9. The van der Waals surface area contributed by atoms with Crippen molar-refractivity contribution < 1.29 is 26.5 Å². The van der Waals surface area contributed by atoms with Crippen LogP contribution in [0.15, 0.2) is 22.7 Å². The van der Waals surface area contributed by atoms with Crippen LogP contribution >= 0.6 is 0 Å². The molecule has 0 radical (unpaired) electrons. The molecule has 0 bridgehead atoms. The number of hydrogen-bond acceptors (Lipinski definition) is 6. The van der Waals surface area contributed by atoms with Gasteiger partial charge in [0, 0.05) is 38.2 Å². The maximum Gasteiger partial charge on any atom is 0.256 e. The monoisotopic (exact) mass is 426 g/mol. The molecule has 0 unspecified atom stereocenters. The Morgan fingerprint density at radius 1 is 1.31 bits per heavy atom. The van der Waals surface area contributed by atoms with Crippen LogP contribution in [0.25, 0.3) is 0 Å². The number of aromatic nitrogens is 2. The number of aryl methyl sites for hydroxylation is 1. The van der Waals surface area contributed by atoms with Gasteiger partial charge in [0.15, 0.2) is 5.82 Å². The third-order valence-electron chi connectivity index (χ3n) is 5.74. The molecule has 2 saturated heterocycles. The lowest BCUT2D eigenvalue weighted by Gasteiger charge is -2.25. The van der Waals surface area contributed by atoms with Crippen molar-refractivity contribution in [3.8, 4) is 0 Å². The zero-order valence-corrected chi connectivity index (χ0v) is 16.7. The highest BCUT2D eigenvalue weighted by Crippen LogP contribution is 2.45. The number of carbonyl (C=O) groups excluding carboxylic acids is 1. The number of carbonyl (C=O) groups is 1. The van der Waals surface area contributed by atoms with E-state index >= 15 is 0 Å². The number of amides is 1. The van der Waals surface area contributed by atoms with E-state index in [1.54, 1.807) is 13.8 Å². The van der Waals surface area contributed by atoms with E-state index in [1.165, 1.54) is 9.21 Å². The number of hydrogen-bond donors (Lipinski definition) is 0. The Balaban J connectivity index is 1.68. The van der Waals surface area contributed by atoms with E-state index in [4.69, 9.17) is 4.52 Å². The summed E-state index contributed by atoms with van der Waals surface area (Å²) in [6.45, 7) is 3.83. The summed E-state index contributed by atoms with van der Waals surface area (Å²) in [5.74, 6) is -1.95. The van der Waals surface area contributed by atoms with Gasteiger partial charge >= 0.3 is 0 Å². The standard InChI is InChI=1S/C18H20F2N4O4S/c1-3-29(26,27)24-8-12-7-23(16(25)14-5-4-13(19)6-15(14)20)9-18(12,10-24)17-21-11(2)22-28-17/h4-6,12H,3,7-10H2,1-2H3/t12-,18-/m0/s1. The number of rotatable bonds is 4. The van der Waals surface area contributed by atoms with E-state index in [1.807, 2.05) is 0 Å². The van der Waals surface area contributed by atoms with E-state index in [0.717, 1.165) is 12.1 Å². The maximum absolute atomic E-state index is 14.1. The van der Waals surface area contributed by atoms with E-state index in [-0.39, 0.29) is 49.3 Å². The van der Waals surface area contributed by atoms with Gasteiger partial charge in [0.05, 0.1) is 16.7 Å². The molecule has 2 fully saturated rings. The van der Waals surface area contributed by atoms with E-state index in [2.05, 4.69) is 10.1 Å². The minimum Gasteiger partial charge on any atom is -0.339 e. The predicted octanol–water partition coefficient (Wildman–Crippen LogP) is 1.33. The van der Waals surface area contributed by atoms with E-state index in [9.17, 15) is 22.0 Å². The summed E-state index contributed by atoms with van der Waals surface area (Å²) >= 11 is 0. The number of sulfonamides is 1. The van der Waals surface area contributed by atoms with Crippen LogP contribution in [-0.2, 0) is 15.4 Å². The molecule has 11 heteroatoms. The predicted molar refractivity (Wildman–Crippen MR) is 97.5 cm³/mol. The number of fused-ring (bicyclic) bond motifs is 1. The number of halogens is 2. The van der Waals surface area contributed by atoms with Crippen molar-refractivity contribution in [2.24, 2.45) is 5.92 Å². The topological polar surface area (TPSA) is 96.6 Å². The Morgan fingerprint density at radius 2 is 2.07 bits per heavy atom. The zero-order valence-electron chi connectivity index (χ0n) is 15.9. The van der Waals surface area contributed by atoms with Crippen LogP contribution in [0.1, 0.15) is 29.0 Å². The highest BCUT2D eigenvalue weighted by Gasteiger charge is 2.59. The molecule has 0 N–H and O–H groups in total. The first-order valence-electron chi connectivity index (χ1n) is 9.19. The van der Waals surface area contributed by atoms with Gasteiger partial charge in [0.2, 0.25) is 15.9 Å². The van der Waals surface area contributed by atoms with Crippen molar-refractivity contribution in [1.29, 1.82) is 0 Å². The maximum atomic E-state index is 14.1. The van der Waals surface area contributed by atoms with E-state index < -0.39 is 33.0 Å². The third kappa shape index (κ3) is 3.21. The van der Waals surface area contributed by atoms with E-state index in [0.29, 0.717) is 11.9 Å². The lowest BCUT2D eigenvalue weighted by atomic mass is 9.81. The van der Waals surface area contributed by atoms with Crippen LogP contribution in [0.5, 0.6) is 0 Å². The van der Waals surface area contributed by atoms with Crippen LogP contribution in [0.2, 0.25) is 0 Å². The minimum absolute atomic E-state index is 0.0396. The molecule has 2 aromatic rings. The fourth-order valence-electron chi connectivity index (χ4n) is 4.20. The van der Waals surface area contributed by atoms with Crippen LogP contribution in [0, 0.1) is 24.5 Å². The molecular formula is C18H20F2N4O4S. The molecule has 29 heavy (non-hydrogen) atoms. The fraction of sp³-hybridized carbons (Fsp3) is 0.500. The molecular weight excluding hydrogens is 406 g/mol. The summed E-state index contributed by atoms with van der Waals surface area (Å²) in [5.41, 5.74) is -1.10. The molecule has 2 aliphatic heterocycles. The quantitative estimate of drug-likeness (QED) is 0.732. The SMILES string of the molecule is CCS(=O)(=O)N1C[C@@H]2CN(C(=O)c3ccc(F)cc3F)C[C@]2(c2nc(C)no2)C1. The summed E-state index contributed by atoms with van der Waals surface area (Å²) in [6, 6.07) is 2.80. The highest BCUT2D eigenvalue weighted by atomic mass is 32.2. The van der Waals surface area contributed by atoms with Gasteiger partial charge < -0.3 is 9.42 Å².